The predicted octanol–water partition coefficient (Wildman–Crippen LogP) is 5.29. The van der Waals surface area contributed by atoms with Crippen LogP contribution in [0.15, 0.2) is 77.6 Å². The van der Waals surface area contributed by atoms with Crippen molar-refractivity contribution in [1.29, 1.82) is 0 Å². The molecular weight excluding hydrogens is 863 g/mol. The van der Waals surface area contributed by atoms with Crippen molar-refractivity contribution in [2.75, 3.05) is 38.3 Å². The molecule has 336 valence electrons. The summed E-state index contributed by atoms with van der Waals surface area (Å²) in [4.78, 5) is 75.7. The Morgan fingerprint density at radius 1 is 0.938 bits per heavy atom. The summed E-state index contributed by atoms with van der Waals surface area (Å²) < 4.78 is 53.4. The fourth-order valence-electron chi connectivity index (χ4n) is 9.12. The van der Waals surface area contributed by atoms with Crippen molar-refractivity contribution in [2.24, 2.45) is 4.36 Å². The number of likely N-dealkylation sites (tertiary alicyclic amines) is 1. The number of amides is 5. The van der Waals surface area contributed by atoms with E-state index < -0.39 is 56.9 Å². The van der Waals surface area contributed by atoms with Crippen molar-refractivity contribution >= 4 is 50.9 Å². The molecule has 2 atom stereocenters. The van der Waals surface area contributed by atoms with Crippen molar-refractivity contribution in [1.82, 2.24) is 40.1 Å². The van der Waals surface area contributed by atoms with E-state index in [4.69, 9.17) is 4.74 Å². The quantitative estimate of drug-likeness (QED) is 0.153. The van der Waals surface area contributed by atoms with Crippen LogP contribution in [0.3, 0.4) is 0 Å². The molecule has 2 N–H and O–H groups in total. The van der Waals surface area contributed by atoms with Gasteiger partial charge in [-0.15, -0.1) is 5.10 Å². The van der Waals surface area contributed by atoms with Crippen LogP contribution in [0, 0.1) is 11.6 Å². The molecule has 2 unspecified atom stereocenters. The topological polar surface area (TPSA) is 211 Å². The van der Waals surface area contributed by atoms with Gasteiger partial charge < -0.3 is 10.1 Å². The lowest BCUT2D eigenvalue weighted by atomic mass is 9.74. The third-order valence-corrected chi connectivity index (χ3v) is 13.9. The second-order valence-corrected chi connectivity index (χ2v) is 19.3. The number of halogens is 2. The second kappa shape index (κ2) is 17.6. The molecule has 4 aliphatic rings. The zero-order valence-electron chi connectivity index (χ0n) is 35.4. The minimum atomic E-state index is -2.98. The third-order valence-electron chi connectivity index (χ3n) is 12.4. The standard InChI is InChI=1S/C45H44F2N10O7S/c1-64-37-19-28(46)6-7-31(37)33-20-39(49-21-34(33)47)50-38-16-25(10-13-48-38)24-65(2,63)53-41(59)23-55-14-11-26(12-15-55)35-22-56(54-52-35)29-17-27(18-29)30-4-3-5-32-42(30)45(62)57(44(32)61)36-8-9-40(58)51-43(36)60/h3-7,10,13,16,19-22,26-27,29,36H,8-9,11-12,14-15,17-18,23-24H2,1-2H3,(H,48,49,50)(H,51,58,60). The SMILES string of the molecule is COc1cc(F)ccc1-c1cc(Nc2cc(CS(C)(=O)=NC(=O)CN3CCC(c4cn(C5CC(c6cccc7c6C(=O)N(C6CCC(=O)NC6=O)C7=O)C5)nn4)CC3)ccn2)ncc1F. The number of hydrogen-bond donors (Lipinski definition) is 2. The number of aromatic nitrogens is 5. The molecule has 1 aliphatic carbocycles. The number of anilines is 2. The highest BCUT2D eigenvalue weighted by molar-refractivity contribution is 7.92. The van der Waals surface area contributed by atoms with Gasteiger partial charge in [-0.25, -0.2) is 27.6 Å². The molecule has 0 spiro atoms. The Hall–Kier alpha value is -6.80. The Bertz CT molecular complexity index is 2890. The van der Waals surface area contributed by atoms with Gasteiger partial charge in [0, 0.05) is 48.2 Å². The number of rotatable bonds is 12. The number of carbonyl (C=O) groups excluding carboxylic acids is 5. The molecule has 20 heteroatoms. The number of imide groups is 2. The summed E-state index contributed by atoms with van der Waals surface area (Å²) >= 11 is 0. The zero-order valence-corrected chi connectivity index (χ0v) is 36.2. The Balaban J connectivity index is 0.762. The van der Waals surface area contributed by atoms with Crippen LogP contribution in [0.2, 0.25) is 0 Å². The number of nitrogens with zero attached hydrogens (tertiary/aromatic N) is 8. The van der Waals surface area contributed by atoms with Gasteiger partial charge in [-0.1, -0.05) is 17.3 Å². The molecule has 0 bridgehead atoms. The summed E-state index contributed by atoms with van der Waals surface area (Å²) in [7, 11) is -1.61. The Kier molecular flexibility index (Phi) is 11.8. The van der Waals surface area contributed by atoms with Crippen LogP contribution >= 0.6 is 0 Å². The fourth-order valence-corrected chi connectivity index (χ4v) is 10.5. The molecule has 1 saturated carbocycles. The van der Waals surface area contributed by atoms with Gasteiger partial charge in [0.25, 0.3) is 17.7 Å². The molecular formula is C45H44F2N10O7S. The van der Waals surface area contributed by atoms with Gasteiger partial charge in [0.1, 0.15) is 35.1 Å². The van der Waals surface area contributed by atoms with Gasteiger partial charge in [-0.2, -0.15) is 4.36 Å². The number of hydrogen-bond acceptors (Lipinski definition) is 13. The van der Waals surface area contributed by atoms with Crippen molar-refractivity contribution in [3.8, 4) is 16.9 Å². The van der Waals surface area contributed by atoms with E-state index in [9.17, 15) is 37.0 Å². The summed E-state index contributed by atoms with van der Waals surface area (Å²) in [5.74, 6) is -2.86. The summed E-state index contributed by atoms with van der Waals surface area (Å²) in [6.07, 6.45) is 8.95. The molecule has 3 fully saturated rings. The Morgan fingerprint density at radius 2 is 1.72 bits per heavy atom. The molecule has 5 aromatic rings. The molecule has 3 aliphatic heterocycles. The van der Waals surface area contributed by atoms with E-state index in [0.29, 0.717) is 48.4 Å². The maximum atomic E-state index is 14.8. The number of methoxy groups -OCH3 is 1. The average Bonchev–Trinajstić information content (AvgIpc) is 3.83. The van der Waals surface area contributed by atoms with Crippen LogP contribution in [0.5, 0.6) is 5.75 Å². The molecule has 0 radical (unpaired) electrons. The van der Waals surface area contributed by atoms with Crippen LogP contribution in [-0.4, -0.2) is 108 Å². The highest BCUT2D eigenvalue weighted by Gasteiger charge is 2.47. The Morgan fingerprint density at radius 3 is 2.49 bits per heavy atom. The summed E-state index contributed by atoms with van der Waals surface area (Å²) in [6, 6.07) is 12.8. The third kappa shape index (κ3) is 8.99. The van der Waals surface area contributed by atoms with Crippen molar-refractivity contribution in [2.45, 2.75) is 68.2 Å². The van der Waals surface area contributed by atoms with Gasteiger partial charge in [0.15, 0.2) is 0 Å². The first-order chi connectivity index (χ1) is 31.2. The number of carbonyl (C=O) groups is 5. The first-order valence-corrected chi connectivity index (χ1v) is 23.3. The molecule has 2 saturated heterocycles. The summed E-state index contributed by atoms with van der Waals surface area (Å²) in [5.41, 5.74) is 3.30. The normalized spacial score (nSPS) is 21.0. The van der Waals surface area contributed by atoms with E-state index in [0.717, 1.165) is 41.3 Å². The van der Waals surface area contributed by atoms with Crippen molar-refractivity contribution in [3.05, 3.63) is 113 Å². The van der Waals surface area contributed by atoms with E-state index >= 15 is 0 Å². The summed E-state index contributed by atoms with van der Waals surface area (Å²) in [5, 5.41) is 14.2. The number of nitrogens with one attached hydrogen (secondary N) is 2. The fraction of sp³-hybridized carbons (Fsp3) is 0.356. The highest BCUT2D eigenvalue weighted by Crippen LogP contribution is 2.47. The van der Waals surface area contributed by atoms with E-state index in [1.54, 1.807) is 24.3 Å². The molecule has 3 aromatic heterocycles. The van der Waals surface area contributed by atoms with Crippen molar-refractivity contribution < 1.29 is 41.7 Å². The largest absolute Gasteiger partial charge is 0.496 e. The Labute approximate surface area is 372 Å². The maximum Gasteiger partial charge on any atom is 0.267 e. The lowest BCUT2D eigenvalue weighted by Crippen LogP contribution is -2.54. The highest BCUT2D eigenvalue weighted by atomic mass is 32.2. The minimum absolute atomic E-state index is 0.00489. The molecule has 9 rings (SSSR count). The number of ether oxygens (including phenoxy) is 1. The van der Waals surface area contributed by atoms with E-state index in [1.807, 2.05) is 21.8 Å². The van der Waals surface area contributed by atoms with Crippen LogP contribution in [0.25, 0.3) is 11.1 Å². The summed E-state index contributed by atoms with van der Waals surface area (Å²) in [6.45, 7) is 1.25. The number of piperidine rings is 2. The molecule has 65 heavy (non-hydrogen) atoms. The van der Waals surface area contributed by atoms with E-state index in [2.05, 4.69) is 35.3 Å². The van der Waals surface area contributed by atoms with Crippen LogP contribution < -0.4 is 15.4 Å². The van der Waals surface area contributed by atoms with E-state index in [1.165, 1.54) is 37.8 Å². The lowest BCUT2D eigenvalue weighted by molar-refractivity contribution is -0.136. The van der Waals surface area contributed by atoms with Crippen LogP contribution in [-0.2, 0) is 29.9 Å². The molecule has 6 heterocycles. The monoisotopic (exact) mass is 906 g/mol. The lowest BCUT2D eigenvalue weighted by Gasteiger charge is -2.36. The van der Waals surface area contributed by atoms with Gasteiger partial charge in [-0.3, -0.25) is 39.1 Å². The van der Waals surface area contributed by atoms with Gasteiger partial charge in [-0.05, 0) is 98.6 Å². The van der Waals surface area contributed by atoms with Gasteiger partial charge >= 0.3 is 0 Å². The van der Waals surface area contributed by atoms with Crippen molar-refractivity contribution in [3.63, 3.8) is 0 Å². The van der Waals surface area contributed by atoms with Gasteiger partial charge in [0.2, 0.25) is 11.8 Å². The number of fused-ring (bicyclic) bond motifs is 1. The van der Waals surface area contributed by atoms with Crippen LogP contribution in [0.1, 0.15) is 93.9 Å². The first-order valence-electron chi connectivity index (χ1n) is 21.2. The number of benzene rings is 2. The molecule has 17 nitrogen and oxygen atoms in total. The average molecular weight is 907 g/mol. The first kappa shape index (κ1) is 43.5. The predicted molar refractivity (Wildman–Crippen MR) is 231 cm³/mol. The second-order valence-electron chi connectivity index (χ2n) is 16.9. The molecule has 5 amide bonds. The zero-order chi connectivity index (χ0) is 45.6. The minimum Gasteiger partial charge on any atom is -0.496 e. The van der Waals surface area contributed by atoms with Crippen LogP contribution in [0.4, 0.5) is 20.4 Å². The van der Waals surface area contributed by atoms with Gasteiger partial charge in [0.05, 0.1) is 58.2 Å². The number of pyridine rings is 2. The smallest absolute Gasteiger partial charge is 0.267 e. The van der Waals surface area contributed by atoms with E-state index in [-0.39, 0.29) is 65.7 Å². The maximum absolute atomic E-state index is 14.8. The molecule has 2 aromatic carbocycles.